The lowest BCUT2D eigenvalue weighted by atomic mass is 9.82. The van der Waals surface area contributed by atoms with Crippen LogP contribution in [0.5, 0.6) is 5.75 Å². The smallest absolute Gasteiger partial charge is 0.251 e. The number of aryl methyl sites for hydroxylation is 1. The zero-order chi connectivity index (χ0) is 12.4. The highest BCUT2D eigenvalue weighted by molar-refractivity contribution is 5.95. The fourth-order valence-corrected chi connectivity index (χ4v) is 2.10. The van der Waals surface area contributed by atoms with E-state index in [2.05, 4.69) is 5.32 Å². The lowest BCUT2D eigenvalue weighted by Crippen LogP contribution is -2.38. The maximum Gasteiger partial charge on any atom is 0.251 e. The van der Waals surface area contributed by atoms with Gasteiger partial charge in [0.1, 0.15) is 5.75 Å². The van der Waals surface area contributed by atoms with Crippen LogP contribution in [0.15, 0.2) is 18.2 Å². The molecule has 1 fully saturated rings. The molecule has 0 heterocycles. The number of hydrogen-bond acceptors (Lipinski definition) is 3. The zero-order valence-electron chi connectivity index (χ0n) is 9.81. The van der Waals surface area contributed by atoms with Gasteiger partial charge in [0.25, 0.3) is 5.91 Å². The van der Waals surface area contributed by atoms with Gasteiger partial charge in [-0.05, 0) is 49.4 Å². The summed E-state index contributed by atoms with van der Waals surface area (Å²) >= 11 is 0. The Kier molecular flexibility index (Phi) is 3.33. The van der Waals surface area contributed by atoms with Gasteiger partial charge in [-0.3, -0.25) is 4.79 Å². The van der Waals surface area contributed by atoms with Crippen LogP contribution in [0.2, 0.25) is 0 Å². The summed E-state index contributed by atoms with van der Waals surface area (Å²) in [4.78, 5) is 11.8. The molecule has 1 aromatic carbocycles. The van der Waals surface area contributed by atoms with Crippen molar-refractivity contribution in [3.8, 4) is 5.75 Å². The monoisotopic (exact) mass is 235 g/mol. The highest BCUT2D eigenvalue weighted by atomic mass is 16.3. The van der Waals surface area contributed by atoms with E-state index < -0.39 is 0 Å². The van der Waals surface area contributed by atoms with Crippen LogP contribution in [0.3, 0.4) is 0 Å². The number of carbonyl (C=O) groups is 1. The molecule has 92 valence electrons. The number of aliphatic hydroxyl groups excluding tert-OH is 1. The van der Waals surface area contributed by atoms with E-state index in [0.29, 0.717) is 18.0 Å². The Bertz CT molecular complexity index is 425. The first kappa shape index (κ1) is 11.9. The van der Waals surface area contributed by atoms with E-state index in [4.69, 9.17) is 5.11 Å². The van der Waals surface area contributed by atoms with Gasteiger partial charge in [0.2, 0.25) is 0 Å². The molecule has 17 heavy (non-hydrogen) atoms. The predicted molar refractivity (Wildman–Crippen MR) is 63.9 cm³/mol. The highest BCUT2D eigenvalue weighted by Crippen LogP contribution is 2.26. The average Bonchev–Trinajstić information content (AvgIpc) is 2.22. The molecule has 3 N–H and O–H groups in total. The Labute approximate surface area is 100 Å². The van der Waals surface area contributed by atoms with Crippen molar-refractivity contribution < 1.29 is 15.0 Å². The van der Waals surface area contributed by atoms with Gasteiger partial charge in [-0.1, -0.05) is 0 Å². The summed E-state index contributed by atoms with van der Waals surface area (Å²) in [5.41, 5.74) is 1.35. The standard InChI is InChI=1S/C13H17NO3/c1-8-4-10(15)2-3-12(8)13(17)14-7-9-5-11(16)6-9/h2-4,9,11,15-16H,5-7H2,1H3,(H,14,17). The molecule has 0 radical (unpaired) electrons. The van der Waals surface area contributed by atoms with Crippen molar-refractivity contribution in [2.45, 2.75) is 25.9 Å². The molecule has 0 unspecified atom stereocenters. The summed E-state index contributed by atoms with van der Waals surface area (Å²) in [7, 11) is 0. The normalized spacial score (nSPS) is 22.9. The number of benzene rings is 1. The van der Waals surface area contributed by atoms with Gasteiger partial charge in [0.15, 0.2) is 0 Å². The molecule has 1 saturated carbocycles. The number of carbonyl (C=O) groups excluding carboxylic acids is 1. The summed E-state index contributed by atoms with van der Waals surface area (Å²) in [5, 5.41) is 21.2. The number of aliphatic hydroxyl groups is 1. The average molecular weight is 235 g/mol. The molecule has 0 spiro atoms. The summed E-state index contributed by atoms with van der Waals surface area (Å²) in [6.07, 6.45) is 1.36. The Hall–Kier alpha value is -1.55. The number of phenols is 1. The van der Waals surface area contributed by atoms with Crippen LogP contribution in [-0.2, 0) is 0 Å². The van der Waals surface area contributed by atoms with E-state index in [1.807, 2.05) is 0 Å². The van der Waals surface area contributed by atoms with Gasteiger partial charge < -0.3 is 15.5 Å². The molecular formula is C13H17NO3. The number of aromatic hydroxyl groups is 1. The topological polar surface area (TPSA) is 69.6 Å². The van der Waals surface area contributed by atoms with E-state index >= 15 is 0 Å². The number of hydrogen-bond donors (Lipinski definition) is 3. The van der Waals surface area contributed by atoms with Crippen LogP contribution in [-0.4, -0.2) is 28.8 Å². The SMILES string of the molecule is Cc1cc(O)ccc1C(=O)NCC1CC(O)C1. The molecule has 2 rings (SSSR count). The number of rotatable bonds is 3. The van der Waals surface area contributed by atoms with Crippen LogP contribution in [0.4, 0.5) is 0 Å². The Balaban J connectivity index is 1.91. The summed E-state index contributed by atoms with van der Waals surface area (Å²) in [6, 6.07) is 4.70. The summed E-state index contributed by atoms with van der Waals surface area (Å²) in [5.74, 6) is 0.441. The molecule has 4 nitrogen and oxygen atoms in total. The van der Waals surface area contributed by atoms with Gasteiger partial charge in [-0.25, -0.2) is 0 Å². The van der Waals surface area contributed by atoms with Gasteiger partial charge in [0.05, 0.1) is 6.10 Å². The molecule has 4 heteroatoms. The van der Waals surface area contributed by atoms with Gasteiger partial charge in [-0.2, -0.15) is 0 Å². The van der Waals surface area contributed by atoms with Crippen molar-refractivity contribution in [1.29, 1.82) is 0 Å². The van der Waals surface area contributed by atoms with E-state index in [9.17, 15) is 9.90 Å². The first-order chi connectivity index (χ1) is 8.06. The molecular weight excluding hydrogens is 218 g/mol. The van der Waals surface area contributed by atoms with Gasteiger partial charge >= 0.3 is 0 Å². The van der Waals surface area contributed by atoms with Crippen LogP contribution >= 0.6 is 0 Å². The second-order valence-corrected chi connectivity index (χ2v) is 4.70. The fourth-order valence-electron chi connectivity index (χ4n) is 2.10. The Morgan fingerprint density at radius 3 is 2.76 bits per heavy atom. The lowest BCUT2D eigenvalue weighted by molar-refractivity contribution is 0.0420. The molecule has 0 aromatic heterocycles. The Morgan fingerprint density at radius 2 is 2.18 bits per heavy atom. The van der Waals surface area contributed by atoms with Crippen molar-refractivity contribution in [3.05, 3.63) is 29.3 Å². The third-order valence-electron chi connectivity index (χ3n) is 3.22. The molecule has 0 atom stereocenters. The van der Waals surface area contributed by atoms with Gasteiger partial charge in [-0.15, -0.1) is 0 Å². The number of amides is 1. The second-order valence-electron chi connectivity index (χ2n) is 4.70. The predicted octanol–water partition coefficient (Wildman–Crippen LogP) is 1.20. The van der Waals surface area contributed by atoms with Crippen LogP contribution in [0.1, 0.15) is 28.8 Å². The summed E-state index contributed by atoms with van der Waals surface area (Å²) < 4.78 is 0. The summed E-state index contributed by atoms with van der Waals surface area (Å²) in [6.45, 7) is 2.40. The third-order valence-corrected chi connectivity index (χ3v) is 3.22. The largest absolute Gasteiger partial charge is 0.508 e. The lowest BCUT2D eigenvalue weighted by Gasteiger charge is -2.31. The third kappa shape index (κ3) is 2.77. The van der Waals surface area contributed by atoms with Crippen molar-refractivity contribution >= 4 is 5.91 Å². The molecule has 0 saturated heterocycles. The van der Waals surface area contributed by atoms with Crippen molar-refractivity contribution in [3.63, 3.8) is 0 Å². The van der Waals surface area contributed by atoms with Crippen molar-refractivity contribution in [1.82, 2.24) is 5.32 Å². The highest BCUT2D eigenvalue weighted by Gasteiger charge is 2.27. The van der Waals surface area contributed by atoms with Gasteiger partial charge in [0, 0.05) is 12.1 Å². The fraction of sp³-hybridized carbons (Fsp3) is 0.462. The first-order valence-corrected chi connectivity index (χ1v) is 5.82. The van der Waals surface area contributed by atoms with E-state index in [1.165, 1.54) is 6.07 Å². The minimum atomic E-state index is -0.188. The Morgan fingerprint density at radius 1 is 1.47 bits per heavy atom. The molecule has 0 bridgehead atoms. The molecule has 0 aliphatic heterocycles. The quantitative estimate of drug-likeness (QED) is 0.737. The maximum atomic E-state index is 11.8. The molecule has 1 aromatic rings. The van der Waals surface area contributed by atoms with E-state index in [1.54, 1.807) is 19.1 Å². The second kappa shape index (κ2) is 4.75. The minimum absolute atomic E-state index is 0.121. The molecule has 1 aliphatic carbocycles. The molecule has 1 amide bonds. The van der Waals surface area contributed by atoms with Crippen LogP contribution in [0.25, 0.3) is 0 Å². The van der Waals surface area contributed by atoms with Crippen LogP contribution < -0.4 is 5.32 Å². The van der Waals surface area contributed by atoms with E-state index in [0.717, 1.165) is 18.4 Å². The van der Waals surface area contributed by atoms with Crippen molar-refractivity contribution in [2.24, 2.45) is 5.92 Å². The van der Waals surface area contributed by atoms with Crippen LogP contribution in [0, 0.1) is 12.8 Å². The van der Waals surface area contributed by atoms with Crippen molar-refractivity contribution in [2.75, 3.05) is 6.54 Å². The van der Waals surface area contributed by atoms with E-state index in [-0.39, 0.29) is 17.8 Å². The molecule has 1 aliphatic rings. The zero-order valence-corrected chi connectivity index (χ0v) is 9.81. The number of nitrogens with one attached hydrogen (secondary N) is 1. The minimum Gasteiger partial charge on any atom is -0.508 e. The number of phenolic OH excluding ortho intramolecular Hbond substituents is 1. The maximum absolute atomic E-state index is 11.8. The first-order valence-electron chi connectivity index (χ1n) is 5.82.